The highest BCUT2D eigenvalue weighted by Gasteiger charge is 2.30. The first-order valence-electron chi connectivity index (χ1n) is 6.92. The Morgan fingerprint density at radius 3 is 2.62 bits per heavy atom. The molecule has 124 valence electrons. The molecule has 0 fully saturated rings. The molecule has 0 aliphatic carbocycles. The second kappa shape index (κ2) is 6.16. The molecule has 0 saturated heterocycles. The largest absolute Gasteiger partial charge is 0.417 e. The molecular weight excluding hydrogens is 343 g/mol. The Bertz CT molecular complexity index is 905. The van der Waals surface area contributed by atoms with Gasteiger partial charge in [-0.15, -0.1) is 0 Å². The first-order valence-corrected chi connectivity index (χ1v) is 7.30. The van der Waals surface area contributed by atoms with Crippen LogP contribution in [0.3, 0.4) is 0 Å². The zero-order valence-corrected chi connectivity index (χ0v) is 12.9. The van der Waals surface area contributed by atoms with Crippen LogP contribution in [0.4, 0.5) is 13.2 Å². The third kappa shape index (κ3) is 3.35. The average molecular weight is 354 g/mol. The predicted molar refractivity (Wildman–Crippen MR) is 82.8 cm³/mol. The molecule has 0 saturated carbocycles. The number of benzene rings is 1. The summed E-state index contributed by atoms with van der Waals surface area (Å²) in [7, 11) is 0. The minimum absolute atomic E-state index is 0.0765. The number of hydrogen-bond acceptors (Lipinski definition) is 2. The summed E-state index contributed by atoms with van der Waals surface area (Å²) >= 11 is 5.94. The lowest BCUT2D eigenvalue weighted by molar-refractivity contribution is -0.137. The number of aromatic nitrogens is 2. The Morgan fingerprint density at radius 1 is 1.17 bits per heavy atom. The maximum Gasteiger partial charge on any atom is 0.417 e. The molecule has 0 spiro atoms. The summed E-state index contributed by atoms with van der Waals surface area (Å²) in [6.07, 6.45) is -2.02. The van der Waals surface area contributed by atoms with Gasteiger partial charge in [0.15, 0.2) is 0 Å². The van der Waals surface area contributed by atoms with Crippen molar-refractivity contribution in [1.82, 2.24) is 14.7 Å². The van der Waals surface area contributed by atoms with E-state index in [1.54, 1.807) is 24.3 Å². The smallest absolute Gasteiger partial charge is 0.346 e. The lowest BCUT2D eigenvalue weighted by Gasteiger charge is -2.05. The molecule has 4 nitrogen and oxygen atoms in total. The van der Waals surface area contributed by atoms with Gasteiger partial charge in [-0.3, -0.25) is 4.79 Å². The van der Waals surface area contributed by atoms with Gasteiger partial charge in [0.25, 0.3) is 5.91 Å². The van der Waals surface area contributed by atoms with Crippen molar-refractivity contribution in [1.29, 1.82) is 0 Å². The predicted octanol–water partition coefficient (Wildman–Crippen LogP) is 3.94. The van der Waals surface area contributed by atoms with Crippen molar-refractivity contribution >= 4 is 23.2 Å². The topological polar surface area (TPSA) is 46.4 Å². The van der Waals surface area contributed by atoms with Crippen LogP contribution in [0.5, 0.6) is 0 Å². The summed E-state index contributed by atoms with van der Waals surface area (Å²) in [4.78, 5) is 16.2. The maximum atomic E-state index is 12.7. The van der Waals surface area contributed by atoms with Crippen LogP contribution in [0.15, 0.2) is 48.8 Å². The summed E-state index contributed by atoms with van der Waals surface area (Å²) in [6, 6.07) is 8.82. The van der Waals surface area contributed by atoms with E-state index >= 15 is 0 Å². The molecule has 2 heterocycles. The SMILES string of the molecule is O=C(NCc1cn2cc(C(F)(F)F)ccc2n1)c1ccccc1Cl. The molecule has 2 aromatic heterocycles. The van der Waals surface area contributed by atoms with Crippen LogP contribution in [-0.2, 0) is 12.7 Å². The van der Waals surface area contributed by atoms with E-state index < -0.39 is 11.7 Å². The van der Waals surface area contributed by atoms with Crippen molar-refractivity contribution < 1.29 is 18.0 Å². The molecule has 1 amide bonds. The van der Waals surface area contributed by atoms with Crippen molar-refractivity contribution in [2.24, 2.45) is 0 Å². The molecule has 24 heavy (non-hydrogen) atoms. The number of hydrogen-bond donors (Lipinski definition) is 1. The Hall–Kier alpha value is -2.54. The van der Waals surface area contributed by atoms with Gasteiger partial charge in [0.1, 0.15) is 5.65 Å². The highest BCUT2D eigenvalue weighted by molar-refractivity contribution is 6.33. The molecule has 3 aromatic rings. The van der Waals surface area contributed by atoms with E-state index in [0.717, 1.165) is 12.3 Å². The van der Waals surface area contributed by atoms with Crippen LogP contribution in [0.25, 0.3) is 5.65 Å². The lowest BCUT2D eigenvalue weighted by atomic mass is 10.2. The number of rotatable bonds is 3. The fraction of sp³-hybridized carbons (Fsp3) is 0.125. The summed E-state index contributed by atoms with van der Waals surface area (Å²) in [5.74, 6) is -0.381. The van der Waals surface area contributed by atoms with E-state index in [1.165, 1.54) is 16.7 Å². The Labute approximate surface area is 139 Å². The van der Waals surface area contributed by atoms with E-state index in [-0.39, 0.29) is 12.5 Å². The van der Waals surface area contributed by atoms with E-state index in [4.69, 9.17) is 11.6 Å². The number of halogens is 4. The number of carbonyl (C=O) groups is 1. The number of alkyl halides is 3. The molecular formula is C16H11ClF3N3O. The lowest BCUT2D eigenvalue weighted by Crippen LogP contribution is -2.23. The average Bonchev–Trinajstić information content (AvgIpc) is 2.94. The van der Waals surface area contributed by atoms with Crippen LogP contribution in [0, 0.1) is 0 Å². The Balaban J connectivity index is 1.76. The van der Waals surface area contributed by atoms with E-state index in [1.807, 2.05) is 0 Å². The third-order valence-corrected chi connectivity index (χ3v) is 3.71. The molecule has 1 N–H and O–H groups in total. The van der Waals surface area contributed by atoms with Crippen LogP contribution in [0.2, 0.25) is 5.02 Å². The fourth-order valence-electron chi connectivity index (χ4n) is 2.21. The molecule has 0 atom stereocenters. The van der Waals surface area contributed by atoms with Gasteiger partial charge in [-0.1, -0.05) is 23.7 Å². The van der Waals surface area contributed by atoms with Gasteiger partial charge in [-0.05, 0) is 24.3 Å². The molecule has 3 rings (SSSR count). The second-order valence-electron chi connectivity index (χ2n) is 5.08. The maximum absolute atomic E-state index is 12.7. The zero-order valence-electron chi connectivity index (χ0n) is 12.1. The summed E-state index contributed by atoms with van der Waals surface area (Å²) in [5, 5.41) is 2.96. The second-order valence-corrected chi connectivity index (χ2v) is 5.48. The van der Waals surface area contributed by atoms with Gasteiger partial charge in [0, 0.05) is 12.4 Å². The number of imidazole rings is 1. The van der Waals surface area contributed by atoms with Gasteiger partial charge in [-0.2, -0.15) is 13.2 Å². The summed E-state index contributed by atoms with van der Waals surface area (Å²) in [5.41, 5.74) is 0.362. The van der Waals surface area contributed by atoms with Gasteiger partial charge < -0.3 is 9.72 Å². The molecule has 0 unspecified atom stereocenters. The first-order chi connectivity index (χ1) is 11.3. The summed E-state index contributed by atoms with van der Waals surface area (Å²) in [6.45, 7) is 0.0765. The van der Waals surface area contributed by atoms with E-state index in [2.05, 4.69) is 10.3 Å². The van der Waals surface area contributed by atoms with Crippen molar-refractivity contribution in [3.8, 4) is 0 Å². The van der Waals surface area contributed by atoms with Crippen LogP contribution in [-0.4, -0.2) is 15.3 Å². The van der Waals surface area contributed by atoms with Crippen LogP contribution >= 0.6 is 11.6 Å². The number of carbonyl (C=O) groups excluding carboxylic acids is 1. The van der Waals surface area contributed by atoms with E-state index in [9.17, 15) is 18.0 Å². The minimum Gasteiger partial charge on any atom is -0.346 e. The van der Waals surface area contributed by atoms with Crippen molar-refractivity contribution in [3.05, 3.63) is 70.6 Å². The van der Waals surface area contributed by atoms with Crippen molar-refractivity contribution in [2.75, 3.05) is 0 Å². The van der Waals surface area contributed by atoms with Crippen LogP contribution in [0.1, 0.15) is 21.6 Å². The number of nitrogens with zero attached hydrogens (tertiary/aromatic N) is 2. The fourth-order valence-corrected chi connectivity index (χ4v) is 2.43. The van der Waals surface area contributed by atoms with Gasteiger partial charge in [0.2, 0.25) is 0 Å². The van der Waals surface area contributed by atoms with Gasteiger partial charge in [0.05, 0.1) is 28.4 Å². The molecule has 1 aromatic carbocycles. The minimum atomic E-state index is -4.42. The van der Waals surface area contributed by atoms with Gasteiger partial charge in [-0.25, -0.2) is 4.98 Å². The quantitative estimate of drug-likeness (QED) is 0.775. The Morgan fingerprint density at radius 2 is 1.92 bits per heavy atom. The number of amides is 1. The third-order valence-electron chi connectivity index (χ3n) is 3.38. The number of fused-ring (bicyclic) bond motifs is 1. The highest BCUT2D eigenvalue weighted by Crippen LogP contribution is 2.29. The standard InChI is InChI=1S/C16H11ClF3N3O/c17-13-4-2-1-3-12(13)15(24)21-7-11-9-23-8-10(16(18,19)20)5-6-14(23)22-11/h1-6,8-9H,7H2,(H,21,24). The molecule has 0 aliphatic heterocycles. The molecule has 8 heteroatoms. The van der Waals surface area contributed by atoms with Gasteiger partial charge >= 0.3 is 6.18 Å². The molecule has 0 bridgehead atoms. The Kier molecular flexibility index (Phi) is 4.19. The number of pyridine rings is 1. The zero-order chi connectivity index (χ0) is 17.3. The molecule has 0 radical (unpaired) electrons. The summed E-state index contributed by atoms with van der Waals surface area (Å²) < 4.78 is 39.4. The van der Waals surface area contributed by atoms with Crippen molar-refractivity contribution in [2.45, 2.75) is 12.7 Å². The first kappa shape index (κ1) is 16.3. The highest BCUT2D eigenvalue weighted by atomic mass is 35.5. The normalized spacial score (nSPS) is 11.7. The van der Waals surface area contributed by atoms with Crippen molar-refractivity contribution in [3.63, 3.8) is 0 Å². The van der Waals surface area contributed by atoms with Crippen LogP contribution < -0.4 is 5.32 Å². The number of nitrogens with one attached hydrogen (secondary N) is 1. The monoisotopic (exact) mass is 353 g/mol. The van der Waals surface area contributed by atoms with E-state index in [0.29, 0.717) is 21.9 Å². The molecule has 0 aliphatic rings.